The Morgan fingerprint density at radius 1 is 1.50 bits per heavy atom. The molecular formula is C12H16N4O2. The topological polar surface area (TPSA) is 75.2 Å². The third kappa shape index (κ3) is 1.93. The Morgan fingerprint density at radius 2 is 2.33 bits per heavy atom. The lowest BCUT2D eigenvalue weighted by Crippen LogP contribution is -2.24. The molecular weight excluding hydrogens is 232 g/mol. The standard InChI is InChI=1S/C12H16N4O2/c1-12(2)17-6-8(18-12)5-16-4-3-9-10(13)14-7-15-11(9)16/h3-4,7-8H,5-6H2,1-2H3,(H2,13,14,15). The molecule has 1 aliphatic heterocycles. The van der Waals surface area contributed by atoms with Crippen molar-refractivity contribution in [2.45, 2.75) is 32.3 Å². The largest absolute Gasteiger partial charge is 0.383 e. The van der Waals surface area contributed by atoms with Gasteiger partial charge in [-0.1, -0.05) is 0 Å². The highest BCUT2D eigenvalue weighted by Crippen LogP contribution is 2.25. The predicted molar refractivity (Wildman–Crippen MR) is 66.8 cm³/mol. The van der Waals surface area contributed by atoms with E-state index in [2.05, 4.69) is 9.97 Å². The van der Waals surface area contributed by atoms with E-state index >= 15 is 0 Å². The van der Waals surface area contributed by atoms with E-state index in [1.807, 2.05) is 30.7 Å². The van der Waals surface area contributed by atoms with Crippen LogP contribution in [0.5, 0.6) is 0 Å². The molecule has 1 saturated heterocycles. The van der Waals surface area contributed by atoms with Crippen molar-refractivity contribution >= 4 is 16.9 Å². The molecule has 6 nitrogen and oxygen atoms in total. The molecule has 0 radical (unpaired) electrons. The summed E-state index contributed by atoms with van der Waals surface area (Å²) in [6, 6.07) is 1.92. The van der Waals surface area contributed by atoms with Gasteiger partial charge in [0.25, 0.3) is 0 Å². The minimum atomic E-state index is -0.498. The number of fused-ring (bicyclic) bond motifs is 1. The number of ether oxygens (including phenoxy) is 2. The minimum Gasteiger partial charge on any atom is -0.383 e. The number of nitrogens with two attached hydrogens (primary N) is 1. The minimum absolute atomic E-state index is 0.0341. The van der Waals surface area contributed by atoms with Gasteiger partial charge in [-0.05, 0) is 19.9 Å². The van der Waals surface area contributed by atoms with Gasteiger partial charge in [-0.3, -0.25) is 0 Å². The third-order valence-corrected chi connectivity index (χ3v) is 3.05. The normalized spacial score (nSPS) is 22.7. The van der Waals surface area contributed by atoms with Crippen LogP contribution in [0.2, 0.25) is 0 Å². The second-order valence-corrected chi connectivity index (χ2v) is 4.91. The summed E-state index contributed by atoms with van der Waals surface area (Å²) in [6.45, 7) is 5.12. The van der Waals surface area contributed by atoms with Crippen LogP contribution in [0.25, 0.3) is 11.0 Å². The van der Waals surface area contributed by atoms with Crippen LogP contribution in [0.4, 0.5) is 5.82 Å². The van der Waals surface area contributed by atoms with Gasteiger partial charge >= 0.3 is 0 Å². The van der Waals surface area contributed by atoms with Gasteiger partial charge < -0.3 is 19.8 Å². The molecule has 2 aromatic rings. The van der Waals surface area contributed by atoms with E-state index in [0.29, 0.717) is 19.0 Å². The van der Waals surface area contributed by atoms with Gasteiger partial charge in [0.15, 0.2) is 5.79 Å². The van der Waals surface area contributed by atoms with E-state index in [4.69, 9.17) is 15.2 Å². The van der Waals surface area contributed by atoms with Crippen molar-refractivity contribution in [2.75, 3.05) is 12.3 Å². The number of anilines is 1. The molecule has 0 bridgehead atoms. The molecule has 1 unspecified atom stereocenters. The van der Waals surface area contributed by atoms with Gasteiger partial charge in [-0.2, -0.15) is 0 Å². The molecule has 2 N–H and O–H groups in total. The molecule has 0 spiro atoms. The van der Waals surface area contributed by atoms with Gasteiger partial charge in [0.2, 0.25) is 0 Å². The number of hydrogen-bond donors (Lipinski definition) is 1. The summed E-state index contributed by atoms with van der Waals surface area (Å²) in [5.41, 5.74) is 6.63. The molecule has 1 aliphatic rings. The van der Waals surface area contributed by atoms with Crippen molar-refractivity contribution in [3.05, 3.63) is 18.6 Å². The fourth-order valence-corrected chi connectivity index (χ4v) is 2.24. The molecule has 1 fully saturated rings. The van der Waals surface area contributed by atoms with Crippen LogP contribution < -0.4 is 5.73 Å². The summed E-state index contributed by atoms with van der Waals surface area (Å²) < 4.78 is 13.3. The maximum atomic E-state index is 5.80. The van der Waals surface area contributed by atoms with Gasteiger partial charge in [0.05, 0.1) is 18.5 Å². The second kappa shape index (κ2) is 3.93. The van der Waals surface area contributed by atoms with E-state index in [0.717, 1.165) is 11.0 Å². The Hall–Kier alpha value is -1.66. The van der Waals surface area contributed by atoms with Crippen LogP contribution in [0.1, 0.15) is 13.8 Å². The molecule has 96 valence electrons. The first-order valence-corrected chi connectivity index (χ1v) is 5.92. The van der Waals surface area contributed by atoms with Crippen molar-refractivity contribution < 1.29 is 9.47 Å². The van der Waals surface area contributed by atoms with E-state index in [9.17, 15) is 0 Å². The lowest BCUT2D eigenvalue weighted by atomic mass is 10.3. The van der Waals surface area contributed by atoms with Gasteiger partial charge in [0, 0.05) is 6.20 Å². The fraction of sp³-hybridized carbons (Fsp3) is 0.500. The Morgan fingerprint density at radius 3 is 3.06 bits per heavy atom. The monoisotopic (exact) mass is 248 g/mol. The smallest absolute Gasteiger partial charge is 0.163 e. The molecule has 0 aliphatic carbocycles. The van der Waals surface area contributed by atoms with Gasteiger partial charge in [-0.25, -0.2) is 9.97 Å². The molecule has 3 rings (SSSR count). The van der Waals surface area contributed by atoms with E-state index < -0.39 is 5.79 Å². The Labute approximate surface area is 105 Å². The maximum absolute atomic E-state index is 5.80. The van der Waals surface area contributed by atoms with Crippen molar-refractivity contribution in [2.24, 2.45) is 0 Å². The molecule has 1 atom stereocenters. The molecule has 6 heteroatoms. The number of aromatic nitrogens is 3. The van der Waals surface area contributed by atoms with E-state index in [1.54, 1.807) is 0 Å². The molecule has 3 heterocycles. The van der Waals surface area contributed by atoms with Crippen LogP contribution in [0.15, 0.2) is 18.6 Å². The molecule has 2 aromatic heterocycles. The van der Waals surface area contributed by atoms with Crippen molar-refractivity contribution in [3.8, 4) is 0 Å². The Kier molecular flexibility index (Phi) is 2.49. The predicted octanol–water partition coefficient (Wildman–Crippen LogP) is 1.17. The molecule has 0 aromatic carbocycles. The first-order valence-electron chi connectivity index (χ1n) is 5.92. The first kappa shape index (κ1) is 11.4. The van der Waals surface area contributed by atoms with Crippen molar-refractivity contribution in [1.29, 1.82) is 0 Å². The Bertz CT molecular complexity index is 578. The fourth-order valence-electron chi connectivity index (χ4n) is 2.24. The molecule has 18 heavy (non-hydrogen) atoms. The number of nitrogen functional groups attached to an aromatic ring is 1. The lowest BCUT2D eigenvalue weighted by Gasteiger charge is -2.17. The quantitative estimate of drug-likeness (QED) is 0.863. The highest BCUT2D eigenvalue weighted by molar-refractivity contribution is 5.85. The van der Waals surface area contributed by atoms with Crippen molar-refractivity contribution in [1.82, 2.24) is 14.5 Å². The van der Waals surface area contributed by atoms with Crippen LogP contribution in [0, 0.1) is 0 Å². The number of rotatable bonds is 2. The van der Waals surface area contributed by atoms with E-state index in [-0.39, 0.29) is 6.10 Å². The Balaban J connectivity index is 1.86. The summed E-state index contributed by atoms with van der Waals surface area (Å²) in [4.78, 5) is 8.23. The zero-order valence-corrected chi connectivity index (χ0v) is 10.5. The third-order valence-electron chi connectivity index (χ3n) is 3.05. The zero-order valence-electron chi connectivity index (χ0n) is 10.5. The first-order chi connectivity index (χ1) is 8.55. The highest BCUT2D eigenvalue weighted by atomic mass is 16.7. The maximum Gasteiger partial charge on any atom is 0.163 e. The van der Waals surface area contributed by atoms with Crippen molar-refractivity contribution in [3.63, 3.8) is 0 Å². The van der Waals surface area contributed by atoms with Gasteiger partial charge in [0.1, 0.15) is 23.9 Å². The summed E-state index contributed by atoms with van der Waals surface area (Å²) in [5, 5.41) is 0.871. The number of nitrogens with zero attached hydrogens (tertiary/aromatic N) is 3. The average Bonchev–Trinajstić information content (AvgIpc) is 2.85. The summed E-state index contributed by atoms with van der Waals surface area (Å²) >= 11 is 0. The van der Waals surface area contributed by atoms with Crippen LogP contribution in [0.3, 0.4) is 0 Å². The zero-order chi connectivity index (χ0) is 12.8. The average molecular weight is 248 g/mol. The van der Waals surface area contributed by atoms with Crippen LogP contribution >= 0.6 is 0 Å². The summed E-state index contributed by atoms with van der Waals surface area (Å²) in [5.74, 6) is 0.00409. The van der Waals surface area contributed by atoms with Crippen LogP contribution in [-0.2, 0) is 16.0 Å². The lowest BCUT2D eigenvalue weighted by molar-refractivity contribution is -0.139. The number of hydrogen-bond acceptors (Lipinski definition) is 5. The second-order valence-electron chi connectivity index (χ2n) is 4.91. The summed E-state index contributed by atoms with van der Waals surface area (Å²) in [7, 11) is 0. The summed E-state index contributed by atoms with van der Waals surface area (Å²) in [6.07, 6.45) is 3.46. The highest BCUT2D eigenvalue weighted by Gasteiger charge is 2.32. The van der Waals surface area contributed by atoms with E-state index in [1.165, 1.54) is 6.33 Å². The molecule has 0 amide bonds. The van der Waals surface area contributed by atoms with Crippen LogP contribution in [-0.4, -0.2) is 33.0 Å². The van der Waals surface area contributed by atoms with Gasteiger partial charge in [-0.15, -0.1) is 0 Å². The molecule has 0 saturated carbocycles. The SMILES string of the molecule is CC1(C)OCC(Cn2ccc3c(N)ncnc32)O1.